The lowest BCUT2D eigenvalue weighted by molar-refractivity contribution is 1.16. The van der Waals surface area contributed by atoms with E-state index in [4.69, 9.17) is 0 Å². The average molecular weight is 909 g/mol. The highest BCUT2D eigenvalue weighted by Gasteiger charge is 2.41. The van der Waals surface area contributed by atoms with Crippen molar-refractivity contribution in [2.24, 2.45) is 0 Å². The van der Waals surface area contributed by atoms with Crippen LogP contribution in [-0.2, 0) is 0 Å². The van der Waals surface area contributed by atoms with Crippen LogP contribution in [0.4, 0.5) is 0 Å². The predicted molar refractivity (Wildman–Crippen MR) is 296 cm³/mol. The van der Waals surface area contributed by atoms with E-state index in [0.717, 1.165) is 49.9 Å². The highest BCUT2D eigenvalue weighted by molar-refractivity contribution is 7.19. The van der Waals surface area contributed by atoms with Gasteiger partial charge in [-0.15, -0.1) is 0 Å². The molecule has 70 heavy (non-hydrogen) atoms. The van der Waals surface area contributed by atoms with Gasteiger partial charge in [-0.2, -0.15) is 0 Å². The van der Waals surface area contributed by atoms with Crippen LogP contribution < -0.4 is 20.7 Å². The Balaban J connectivity index is 1.12. The molecule has 10 aromatic carbocycles. The van der Waals surface area contributed by atoms with Gasteiger partial charge in [0.25, 0.3) is 0 Å². The standard InChI is InChI=1S/C65H44N4Si/c1-6-22-46(23-7-1)67-60-38-37-48(42-56(60)57-44-66-40-39-61(57)67)68-58-35-18-17-34-54(58)64-62(68)43-55(63-53-33-16-19-36-59(53)69(65(63)64)47-24-8-2-9-25-47)45-21-20-32-52(41-45)70(49-26-10-3-11-27-49,50-28-12-4-13-29-50)51-30-14-5-15-31-51/h1-44H. The number of hydrogen-bond donors (Lipinski definition) is 0. The maximum atomic E-state index is 4.66. The molecule has 0 radical (unpaired) electrons. The van der Waals surface area contributed by atoms with Gasteiger partial charge in [0.05, 0.1) is 33.1 Å². The van der Waals surface area contributed by atoms with Crippen molar-refractivity contribution >= 4 is 94.2 Å². The molecule has 5 heteroatoms. The van der Waals surface area contributed by atoms with Crippen LogP contribution >= 0.6 is 0 Å². The van der Waals surface area contributed by atoms with Gasteiger partial charge in [0.1, 0.15) is 0 Å². The monoisotopic (exact) mass is 908 g/mol. The van der Waals surface area contributed by atoms with Gasteiger partial charge in [0, 0.05) is 61.8 Å². The predicted octanol–water partition coefficient (Wildman–Crippen LogP) is 13.4. The van der Waals surface area contributed by atoms with E-state index < -0.39 is 8.07 Å². The lowest BCUT2D eigenvalue weighted by atomic mass is 9.96. The van der Waals surface area contributed by atoms with E-state index in [1.165, 1.54) is 64.5 Å². The van der Waals surface area contributed by atoms with E-state index in [1.807, 2.05) is 12.4 Å². The molecule has 328 valence electrons. The van der Waals surface area contributed by atoms with Crippen LogP contribution in [0.25, 0.3) is 93.6 Å². The first-order chi connectivity index (χ1) is 34.8. The third kappa shape index (κ3) is 5.92. The SMILES string of the molecule is c1ccc(-n2c3ccncc3c3cc(-n4c5ccccc5c5c4cc(-c4cccc([Si](c6ccccc6)(c6ccccc6)c6ccccc6)c4)c4c6ccccc6n(-c6ccccc6)c45)ccc32)cc1. The van der Waals surface area contributed by atoms with Crippen LogP contribution in [-0.4, -0.2) is 26.8 Å². The van der Waals surface area contributed by atoms with E-state index in [-0.39, 0.29) is 0 Å². The summed E-state index contributed by atoms with van der Waals surface area (Å²) in [5.74, 6) is 0. The normalized spacial score (nSPS) is 12.0. The molecular formula is C65H44N4Si. The van der Waals surface area contributed by atoms with Crippen LogP contribution in [0.15, 0.2) is 267 Å². The fourth-order valence-corrected chi connectivity index (χ4v) is 16.6. The van der Waals surface area contributed by atoms with E-state index in [0.29, 0.717) is 0 Å². The van der Waals surface area contributed by atoms with Gasteiger partial charge in [0.15, 0.2) is 8.07 Å². The molecule has 0 amide bonds. The first-order valence-electron chi connectivity index (χ1n) is 24.0. The fraction of sp³-hybridized carbons (Fsp3) is 0. The van der Waals surface area contributed by atoms with Crippen LogP contribution in [0.5, 0.6) is 0 Å². The number of aromatic nitrogens is 4. The van der Waals surface area contributed by atoms with E-state index >= 15 is 0 Å². The minimum atomic E-state index is -2.87. The lowest BCUT2D eigenvalue weighted by Gasteiger charge is -2.34. The molecule has 0 N–H and O–H groups in total. The van der Waals surface area contributed by atoms with E-state index in [9.17, 15) is 0 Å². The summed E-state index contributed by atoms with van der Waals surface area (Å²) in [5, 5.41) is 12.6. The number of rotatable bonds is 8. The summed E-state index contributed by atoms with van der Waals surface area (Å²) in [6.45, 7) is 0. The third-order valence-electron chi connectivity index (χ3n) is 14.6. The lowest BCUT2D eigenvalue weighted by Crippen LogP contribution is -2.74. The number of para-hydroxylation sites is 4. The Morgan fingerprint density at radius 1 is 0.300 bits per heavy atom. The Kier molecular flexibility index (Phi) is 9.19. The molecule has 0 saturated heterocycles. The van der Waals surface area contributed by atoms with Gasteiger partial charge in [0.2, 0.25) is 0 Å². The van der Waals surface area contributed by atoms with Gasteiger partial charge < -0.3 is 13.7 Å². The maximum Gasteiger partial charge on any atom is 0.179 e. The zero-order valence-electron chi connectivity index (χ0n) is 38.2. The largest absolute Gasteiger partial charge is 0.309 e. The molecule has 0 saturated carbocycles. The van der Waals surface area contributed by atoms with Gasteiger partial charge in [-0.25, -0.2) is 0 Å². The quantitative estimate of drug-likeness (QED) is 0.110. The zero-order chi connectivity index (χ0) is 46.2. The second-order valence-electron chi connectivity index (χ2n) is 18.3. The van der Waals surface area contributed by atoms with Crippen molar-refractivity contribution in [1.29, 1.82) is 0 Å². The van der Waals surface area contributed by atoms with Crippen molar-refractivity contribution in [2.45, 2.75) is 0 Å². The Labute approximate surface area is 406 Å². The van der Waals surface area contributed by atoms with Crippen molar-refractivity contribution in [2.75, 3.05) is 0 Å². The summed E-state index contributed by atoms with van der Waals surface area (Å²) in [5.41, 5.74) is 12.7. The number of pyridine rings is 1. The first-order valence-corrected chi connectivity index (χ1v) is 26.0. The molecule has 0 unspecified atom stereocenters. The average Bonchev–Trinajstić information content (AvgIpc) is 4.08. The van der Waals surface area contributed by atoms with Gasteiger partial charge >= 0.3 is 0 Å². The van der Waals surface area contributed by atoms with Gasteiger partial charge in [-0.1, -0.05) is 188 Å². The van der Waals surface area contributed by atoms with Crippen molar-refractivity contribution in [3.8, 4) is 28.2 Å². The molecule has 0 aliphatic carbocycles. The molecule has 4 heterocycles. The Hall–Kier alpha value is -9.03. The highest BCUT2D eigenvalue weighted by Crippen LogP contribution is 2.47. The van der Waals surface area contributed by atoms with Crippen LogP contribution in [0.1, 0.15) is 0 Å². The van der Waals surface area contributed by atoms with Gasteiger partial charge in [-0.3, -0.25) is 4.98 Å². The Bertz CT molecular complexity index is 4170. The number of fused-ring (bicyclic) bond motifs is 10. The molecule has 4 aromatic heterocycles. The van der Waals surface area contributed by atoms with Crippen molar-refractivity contribution in [3.63, 3.8) is 0 Å². The summed E-state index contributed by atoms with van der Waals surface area (Å²) < 4.78 is 7.37. The van der Waals surface area contributed by atoms with Crippen LogP contribution in [0.2, 0.25) is 0 Å². The van der Waals surface area contributed by atoms with E-state index in [1.54, 1.807) is 0 Å². The molecule has 0 bridgehead atoms. The summed E-state index contributed by atoms with van der Waals surface area (Å²) in [6.07, 6.45) is 3.91. The summed E-state index contributed by atoms with van der Waals surface area (Å²) >= 11 is 0. The zero-order valence-corrected chi connectivity index (χ0v) is 39.2. The van der Waals surface area contributed by atoms with Crippen molar-refractivity contribution in [3.05, 3.63) is 267 Å². The first kappa shape index (κ1) is 40.1. The number of hydrogen-bond acceptors (Lipinski definition) is 1. The van der Waals surface area contributed by atoms with Crippen molar-refractivity contribution in [1.82, 2.24) is 18.7 Å². The molecule has 0 atom stereocenters. The Morgan fingerprint density at radius 3 is 1.41 bits per heavy atom. The topological polar surface area (TPSA) is 27.7 Å². The second kappa shape index (κ2) is 16.1. The second-order valence-corrected chi connectivity index (χ2v) is 22.1. The summed E-state index contributed by atoms with van der Waals surface area (Å²) in [6, 6.07) is 94.4. The smallest absolute Gasteiger partial charge is 0.179 e. The number of nitrogens with zero attached hydrogens (tertiary/aromatic N) is 4. The maximum absolute atomic E-state index is 4.66. The van der Waals surface area contributed by atoms with Gasteiger partial charge in [-0.05, 0) is 98.6 Å². The fourth-order valence-electron chi connectivity index (χ4n) is 11.8. The summed E-state index contributed by atoms with van der Waals surface area (Å²) in [4.78, 5) is 4.66. The third-order valence-corrected chi connectivity index (χ3v) is 19.4. The summed E-state index contributed by atoms with van der Waals surface area (Å²) in [7, 11) is -2.87. The minimum Gasteiger partial charge on any atom is -0.309 e. The molecule has 14 rings (SSSR count). The number of benzene rings is 10. The van der Waals surface area contributed by atoms with Crippen molar-refractivity contribution < 1.29 is 0 Å². The molecule has 0 aliphatic rings. The van der Waals surface area contributed by atoms with E-state index in [2.05, 4.69) is 273 Å². The minimum absolute atomic E-state index is 1.10. The van der Waals surface area contributed by atoms with Crippen LogP contribution in [0.3, 0.4) is 0 Å². The molecule has 0 spiro atoms. The molecule has 4 nitrogen and oxygen atoms in total. The molecule has 14 aromatic rings. The highest BCUT2D eigenvalue weighted by atomic mass is 28.3. The molecule has 0 aliphatic heterocycles. The molecule has 0 fully saturated rings. The molecular weight excluding hydrogens is 865 g/mol. The van der Waals surface area contributed by atoms with Crippen LogP contribution in [0, 0.1) is 0 Å². The Morgan fingerprint density at radius 2 is 0.786 bits per heavy atom.